The van der Waals surface area contributed by atoms with E-state index in [0.717, 1.165) is 41.3 Å². The summed E-state index contributed by atoms with van der Waals surface area (Å²) in [5.41, 5.74) is 2.30. The minimum absolute atomic E-state index is 0.0268. The van der Waals surface area contributed by atoms with E-state index >= 15 is 0 Å². The van der Waals surface area contributed by atoms with Crippen molar-refractivity contribution < 1.29 is 23.9 Å². The van der Waals surface area contributed by atoms with Crippen LogP contribution in [0.15, 0.2) is 47.5 Å². The van der Waals surface area contributed by atoms with Gasteiger partial charge in [0.05, 0.1) is 47.7 Å². The van der Waals surface area contributed by atoms with Crippen molar-refractivity contribution in [2.75, 3.05) is 18.2 Å². The summed E-state index contributed by atoms with van der Waals surface area (Å²) in [6, 6.07) is 11.2. The fraction of sp³-hybridized carbons (Fsp3) is 0.370. The molecule has 2 aromatic heterocycles. The van der Waals surface area contributed by atoms with Crippen LogP contribution in [0.4, 0.5) is 5.82 Å². The molecule has 37 heavy (non-hydrogen) atoms. The lowest BCUT2D eigenvalue weighted by Gasteiger charge is -2.36. The minimum atomic E-state index is -0.414. The molecule has 9 nitrogen and oxygen atoms in total. The van der Waals surface area contributed by atoms with Gasteiger partial charge in [-0.1, -0.05) is 12.1 Å². The zero-order valence-electron chi connectivity index (χ0n) is 20.4. The van der Waals surface area contributed by atoms with Crippen LogP contribution in [-0.2, 0) is 20.7 Å². The first kappa shape index (κ1) is 25.2. The number of aldehydes is 1. The molecule has 192 valence electrons. The topological polar surface area (TPSA) is 120 Å². The van der Waals surface area contributed by atoms with Gasteiger partial charge in [0.25, 0.3) is 5.91 Å². The summed E-state index contributed by atoms with van der Waals surface area (Å²) in [7, 11) is 1.63. The molecule has 1 saturated heterocycles. The van der Waals surface area contributed by atoms with Crippen molar-refractivity contribution in [1.82, 2.24) is 15.3 Å². The number of ether oxygens (including phenoxy) is 2. The van der Waals surface area contributed by atoms with Crippen molar-refractivity contribution in [2.24, 2.45) is 0 Å². The summed E-state index contributed by atoms with van der Waals surface area (Å²) in [6.45, 7) is 0. The van der Waals surface area contributed by atoms with Gasteiger partial charge >= 0.3 is 0 Å². The molecule has 0 spiro atoms. The second kappa shape index (κ2) is 11.3. The Labute approximate surface area is 218 Å². The maximum Gasteiger partial charge on any atom is 0.270 e. The second-order valence-corrected chi connectivity index (χ2v) is 10.2. The van der Waals surface area contributed by atoms with Crippen molar-refractivity contribution in [3.8, 4) is 5.75 Å². The average molecular weight is 521 g/mol. The Morgan fingerprint density at radius 2 is 2.19 bits per heavy atom. The average Bonchev–Trinajstić information content (AvgIpc) is 2.92. The number of nitrogens with zero attached hydrogens (tertiary/aromatic N) is 2. The Kier molecular flexibility index (Phi) is 7.66. The molecule has 2 amide bonds. The van der Waals surface area contributed by atoms with E-state index in [4.69, 9.17) is 9.47 Å². The number of thioether (sulfide) groups is 1. The molecule has 0 radical (unpaired) electrons. The van der Waals surface area contributed by atoms with Crippen LogP contribution in [0.25, 0.3) is 10.9 Å². The number of fused-ring (bicyclic) bond motifs is 2. The first-order chi connectivity index (χ1) is 18.0. The van der Waals surface area contributed by atoms with Crippen LogP contribution in [0.3, 0.4) is 0 Å². The zero-order chi connectivity index (χ0) is 25.8. The number of rotatable bonds is 8. The highest BCUT2D eigenvalue weighted by Crippen LogP contribution is 2.30. The van der Waals surface area contributed by atoms with Crippen molar-refractivity contribution in [3.63, 3.8) is 0 Å². The third-order valence-corrected chi connectivity index (χ3v) is 7.78. The third kappa shape index (κ3) is 5.75. The number of nitrogens with one attached hydrogen (secondary N) is 2. The van der Waals surface area contributed by atoms with Gasteiger partial charge in [0.15, 0.2) is 0 Å². The highest BCUT2D eigenvalue weighted by atomic mass is 32.2. The van der Waals surface area contributed by atoms with Gasteiger partial charge in [-0.3, -0.25) is 14.6 Å². The number of pyridine rings is 2. The zero-order valence-corrected chi connectivity index (χ0v) is 21.3. The number of aryl methyl sites for hydroxylation is 1. The highest BCUT2D eigenvalue weighted by molar-refractivity contribution is 8.00. The number of benzene rings is 1. The van der Waals surface area contributed by atoms with Crippen molar-refractivity contribution in [2.45, 2.75) is 55.2 Å². The molecule has 1 fully saturated rings. The SMILES string of the molecule is COc1cnc2cccc(CC[C@@H]3CC[C@@H](NC(=O)c4ccc5c(n4)NC(=O)CS5)[C@@H](CC=O)O3)c2c1. The number of hydrogen-bond donors (Lipinski definition) is 2. The van der Waals surface area contributed by atoms with E-state index in [0.29, 0.717) is 23.7 Å². The first-order valence-electron chi connectivity index (χ1n) is 12.3. The number of anilines is 1. The van der Waals surface area contributed by atoms with Crippen LogP contribution in [0, 0.1) is 0 Å². The molecule has 2 N–H and O–H groups in total. The predicted molar refractivity (Wildman–Crippen MR) is 140 cm³/mol. The van der Waals surface area contributed by atoms with Crippen molar-refractivity contribution in [3.05, 3.63) is 53.9 Å². The van der Waals surface area contributed by atoms with Crippen LogP contribution >= 0.6 is 11.8 Å². The molecule has 10 heteroatoms. The molecule has 3 aromatic rings. The molecule has 1 aromatic carbocycles. The lowest BCUT2D eigenvalue weighted by molar-refractivity contribution is -0.116. The molecule has 0 aliphatic carbocycles. The molecule has 2 aliphatic rings. The lowest BCUT2D eigenvalue weighted by Crippen LogP contribution is -2.49. The Morgan fingerprint density at radius 3 is 3.03 bits per heavy atom. The summed E-state index contributed by atoms with van der Waals surface area (Å²) in [5, 5.41) is 6.75. The molecule has 5 rings (SSSR count). The minimum Gasteiger partial charge on any atom is -0.495 e. The van der Waals surface area contributed by atoms with Crippen LogP contribution in [0.1, 0.15) is 41.7 Å². The van der Waals surface area contributed by atoms with Gasteiger partial charge < -0.3 is 24.9 Å². The lowest BCUT2D eigenvalue weighted by atomic mass is 9.93. The molecule has 2 aliphatic heterocycles. The van der Waals surface area contributed by atoms with E-state index in [9.17, 15) is 14.4 Å². The molecule has 0 bridgehead atoms. The normalized spacial score (nSPS) is 21.1. The van der Waals surface area contributed by atoms with Gasteiger partial charge in [-0.25, -0.2) is 4.98 Å². The van der Waals surface area contributed by atoms with Crippen molar-refractivity contribution >= 4 is 46.6 Å². The quantitative estimate of drug-likeness (QED) is 0.433. The largest absolute Gasteiger partial charge is 0.495 e. The molecule has 0 unspecified atom stereocenters. The second-order valence-electron chi connectivity index (χ2n) is 9.13. The smallest absolute Gasteiger partial charge is 0.270 e. The Morgan fingerprint density at radius 1 is 1.30 bits per heavy atom. The number of carbonyl (C=O) groups is 3. The van der Waals surface area contributed by atoms with Gasteiger partial charge in [-0.2, -0.15) is 0 Å². The molecule has 0 saturated carbocycles. The standard InChI is InChI=1S/C27H28N4O5S/c1-35-18-13-19-16(3-2-4-20(19)28-14-18)5-6-17-7-8-21(23(36-17)11-12-32)30-27(34)22-9-10-24-26(29-22)31-25(33)15-37-24/h2-4,9-10,12-14,17,21,23H,5-8,11,15H2,1H3,(H,30,34)(H,29,31,33)/t17-,21-,23-/m1/s1. The van der Waals surface area contributed by atoms with Crippen LogP contribution in [0.5, 0.6) is 5.75 Å². The van der Waals surface area contributed by atoms with E-state index in [-0.39, 0.29) is 36.1 Å². The molecular formula is C27H28N4O5S. The van der Waals surface area contributed by atoms with E-state index in [2.05, 4.69) is 26.7 Å². The van der Waals surface area contributed by atoms with Gasteiger partial charge in [0.1, 0.15) is 23.5 Å². The van der Waals surface area contributed by atoms with E-state index in [1.54, 1.807) is 25.4 Å². The Bertz CT molecular complexity index is 1330. The monoisotopic (exact) mass is 520 g/mol. The maximum atomic E-state index is 12.9. The van der Waals surface area contributed by atoms with Crippen LogP contribution in [0.2, 0.25) is 0 Å². The summed E-state index contributed by atoms with van der Waals surface area (Å²) >= 11 is 1.39. The van der Waals surface area contributed by atoms with Crippen molar-refractivity contribution in [1.29, 1.82) is 0 Å². The first-order valence-corrected chi connectivity index (χ1v) is 13.3. The summed E-state index contributed by atoms with van der Waals surface area (Å²) in [5.74, 6) is 0.958. The summed E-state index contributed by atoms with van der Waals surface area (Å²) in [6.07, 6.45) is 5.33. The summed E-state index contributed by atoms with van der Waals surface area (Å²) < 4.78 is 11.6. The molecule has 3 atom stereocenters. The number of methoxy groups -OCH3 is 1. The van der Waals surface area contributed by atoms with Gasteiger partial charge in [-0.15, -0.1) is 11.8 Å². The molecular weight excluding hydrogens is 492 g/mol. The Balaban J connectivity index is 1.22. The summed E-state index contributed by atoms with van der Waals surface area (Å²) in [4.78, 5) is 45.6. The highest BCUT2D eigenvalue weighted by Gasteiger charge is 2.32. The number of hydrogen-bond acceptors (Lipinski definition) is 8. The third-order valence-electron chi connectivity index (χ3n) is 6.73. The van der Waals surface area contributed by atoms with Gasteiger partial charge in [0.2, 0.25) is 5.91 Å². The number of aromatic nitrogens is 2. The fourth-order valence-corrected chi connectivity index (χ4v) is 5.58. The maximum absolute atomic E-state index is 12.9. The van der Waals surface area contributed by atoms with E-state index in [1.807, 2.05) is 18.2 Å². The van der Waals surface area contributed by atoms with Crippen LogP contribution < -0.4 is 15.4 Å². The van der Waals surface area contributed by atoms with E-state index < -0.39 is 6.10 Å². The predicted octanol–water partition coefficient (Wildman–Crippen LogP) is 3.55. The number of amides is 2. The molecule has 4 heterocycles. The van der Waals surface area contributed by atoms with E-state index in [1.165, 1.54) is 17.3 Å². The Hall–Kier alpha value is -3.50. The fourth-order valence-electron chi connectivity index (χ4n) is 4.82. The number of carbonyl (C=O) groups excluding carboxylic acids is 3. The van der Waals surface area contributed by atoms with Crippen LogP contribution in [-0.4, -0.2) is 59.2 Å². The van der Waals surface area contributed by atoms with Gasteiger partial charge in [-0.05, 0) is 55.5 Å². The van der Waals surface area contributed by atoms with Gasteiger partial charge in [0, 0.05) is 11.8 Å².